The quantitative estimate of drug-likeness (QED) is 0.669. The summed E-state index contributed by atoms with van der Waals surface area (Å²) in [6, 6.07) is 13.4. The summed E-state index contributed by atoms with van der Waals surface area (Å²) < 4.78 is 10.7. The van der Waals surface area contributed by atoms with Gasteiger partial charge >= 0.3 is 5.97 Å². The summed E-state index contributed by atoms with van der Waals surface area (Å²) in [6.07, 6.45) is -0.815. The van der Waals surface area contributed by atoms with Crippen molar-refractivity contribution in [1.82, 2.24) is 0 Å². The van der Waals surface area contributed by atoms with Gasteiger partial charge in [0.05, 0.1) is 5.02 Å². The van der Waals surface area contributed by atoms with E-state index in [0.29, 0.717) is 22.2 Å². The topological polar surface area (TPSA) is 64.6 Å². The van der Waals surface area contributed by atoms with E-state index in [9.17, 15) is 9.59 Å². The summed E-state index contributed by atoms with van der Waals surface area (Å²) >= 11 is 5.98. The van der Waals surface area contributed by atoms with E-state index in [-0.39, 0.29) is 5.91 Å². The van der Waals surface area contributed by atoms with Crippen molar-refractivity contribution in [3.63, 3.8) is 0 Å². The number of ether oxygens (including phenoxy) is 2. The number of esters is 1. The molecule has 5 nitrogen and oxygen atoms in total. The van der Waals surface area contributed by atoms with E-state index in [4.69, 9.17) is 21.1 Å². The average molecular weight is 334 g/mol. The molecule has 0 fully saturated rings. The van der Waals surface area contributed by atoms with Crippen molar-refractivity contribution < 1.29 is 19.1 Å². The van der Waals surface area contributed by atoms with Crippen molar-refractivity contribution in [2.75, 3.05) is 5.32 Å². The van der Waals surface area contributed by atoms with Crippen molar-refractivity contribution in [3.8, 4) is 11.5 Å². The summed E-state index contributed by atoms with van der Waals surface area (Å²) in [5.74, 6) is 0.0621. The van der Waals surface area contributed by atoms with Crippen LogP contribution in [0.4, 0.5) is 5.69 Å². The van der Waals surface area contributed by atoms with Crippen LogP contribution in [0.25, 0.3) is 0 Å². The molecular formula is C17H16ClNO4. The predicted molar refractivity (Wildman–Crippen MR) is 87.9 cm³/mol. The zero-order chi connectivity index (χ0) is 16.8. The van der Waals surface area contributed by atoms with Gasteiger partial charge in [0, 0.05) is 12.6 Å². The maximum absolute atomic E-state index is 12.0. The first kappa shape index (κ1) is 16.8. The van der Waals surface area contributed by atoms with Gasteiger partial charge in [0.2, 0.25) is 5.91 Å². The fourth-order valence-corrected chi connectivity index (χ4v) is 1.97. The lowest BCUT2D eigenvalue weighted by molar-refractivity contribution is -0.141. The number of carbonyl (C=O) groups excluding carboxylic acids is 2. The van der Waals surface area contributed by atoms with Gasteiger partial charge in [-0.2, -0.15) is 0 Å². The first-order chi connectivity index (χ1) is 11.0. The van der Waals surface area contributed by atoms with Crippen molar-refractivity contribution >= 4 is 29.2 Å². The van der Waals surface area contributed by atoms with Crippen LogP contribution in [0.5, 0.6) is 11.5 Å². The first-order valence-corrected chi connectivity index (χ1v) is 7.34. The minimum absolute atomic E-state index is 0.170. The number of hydrogen-bond acceptors (Lipinski definition) is 4. The van der Waals surface area contributed by atoms with Crippen LogP contribution < -0.4 is 14.8 Å². The summed E-state index contributed by atoms with van der Waals surface area (Å²) in [6.45, 7) is 3.00. The molecule has 120 valence electrons. The van der Waals surface area contributed by atoms with Gasteiger partial charge in [0.25, 0.3) is 0 Å². The number of para-hydroxylation sites is 1. The minimum atomic E-state index is -0.815. The molecule has 0 spiro atoms. The molecule has 1 atom stereocenters. The Morgan fingerprint density at radius 3 is 2.35 bits per heavy atom. The molecule has 1 amide bonds. The Hall–Kier alpha value is -2.53. The van der Waals surface area contributed by atoms with E-state index in [1.165, 1.54) is 6.92 Å². The first-order valence-electron chi connectivity index (χ1n) is 6.96. The normalized spacial score (nSPS) is 11.4. The van der Waals surface area contributed by atoms with Gasteiger partial charge in [-0.25, -0.2) is 4.79 Å². The number of benzene rings is 2. The average Bonchev–Trinajstić information content (AvgIpc) is 2.51. The molecule has 6 heteroatoms. The Kier molecular flexibility index (Phi) is 5.60. The Labute approximate surface area is 139 Å². The zero-order valence-electron chi connectivity index (χ0n) is 12.7. The van der Waals surface area contributed by atoms with Gasteiger partial charge in [-0.3, -0.25) is 4.79 Å². The third kappa shape index (κ3) is 5.00. The fraction of sp³-hybridized carbons (Fsp3) is 0.176. The van der Waals surface area contributed by atoms with Crippen molar-refractivity contribution in [3.05, 3.63) is 53.6 Å². The maximum atomic E-state index is 12.0. The van der Waals surface area contributed by atoms with Gasteiger partial charge in [-0.05, 0) is 43.3 Å². The highest BCUT2D eigenvalue weighted by Crippen LogP contribution is 2.24. The molecule has 0 aliphatic carbocycles. The van der Waals surface area contributed by atoms with E-state index in [1.807, 2.05) is 0 Å². The molecule has 0 aliphatic heterocycles. The van der Waals surface area contributed by atoms with Crippen molar-refractivity contribution in [2.24, 2.45) is 0 Å². The SMILES string of the molecule is CC(=O)Nc1ccc(OC(=O)C(C)Oc2ccccc2Cl)cc1. The van der Waals surface area contributed by atoms with Crippen molar-refractivity contribution in [1.29, 1.82) is 0 Å². The van der Waals surface area contributed by atoms with E-state index in [2.05, 4.69) is 5.32 Å². The zero-order valence-corrected chi connectivity index (χ0v) is 13.5. The molecule has 0 heterocycles. The Morgan fingerprint density at radius 1 is 1.09 bits per heavy atom. The van der Waals surface area contributed by atoms with Crippen molar-refractivity contribution in [2.45, 2.75) is 20.0 Å². The molecule has 1 unspecified atom stereocenters. The Balaban J connectivity index is 1.95. The Bertz CT molecular complexity index is 700. The highest BCUT2D eigenvalue weighted by molar-refractivity contribution is 6.32. The fourth-order valence-electron chi connectivity index (χ4n) is 1.79. The third-order valence-electron chi connectivity index (χ3n) is 2.87. The molecule has 2 rings (SSSR count). The molecule has 23 heavy (non-hydrogen) atoms. The maximum Gasteiger partial charge on any atom is 0.352 e. The van der Waals surface area contributed by atoms with E-state index < -0.39 is 12.1 Å². The van der Waals surface area contributed by atoms with Crippen LogP contribution in [0, 0.1) is 0 Å². The van der Waals surface area contributed by atoms with Gasteiger partial charge in [0.1, 0.15) is 11.5 Å². The number of anilines is 1. The Morgan fingerprint density at radius 2 is 1.74 bits per heavy atom. The number of halogens is 1. The molecule has 1 N–H and O–H groups in total. The van der Waals surface area contributed by atoms with Gasteiger partial charge in [0.15, 0.2) is 6.10 Å². The molecule has 0 saturated heterocycles. The number of hydrogen-bond donors (Lipinski definition) is 1. The second kappa shape index (κ2) is 7.65. The number of rotatable bonds is 5. The number of amides is 1. The molecule has 2 aromatic rings. The van der Waals surface area contributed by atoms with Gasteiger partial charge in [-0.15, -0.1) is 0 Å². The van der Waals surface area contributed by atoms with Crippen LogP contribution >= 0.6 is 11.6 Å². The van der Waals surface area contributed by atoms with E-state index >= 15 is 0 Å². The van der Waals surface area contributed by atoms with Crippen LogP contribution in [-0.4, -0.2) is 18.0 Å². The molecule has 0 aromatic heterocycles. The molecule has 2 aromatic carbocycles. The van der Waals surface area contributed by atoms with Crippen LogP contribution in [0.2, 0.25) is 5.02 Å². The van der Waals surface area contributed by atoms with Gasteiger partial charge in [-0.1, -0.05) is 23.7 Å². The minimum Gasteiger partial charge on any atom is -0.477 e. The summed E-state index contributed by atoms with van der Waals surface area (Å²) in [4.78, 5) is 23.0. The summed E-state index contributed by atoms with van der Waals surface area (Å²) in [5, 5.41) is 3.05. The largest absolute Gasteiger partial charge is 0.477 e. The standard InChI is InChI=1S/C17H16ClNO4/c1-11(22-16-6-4-3-5-15(16)18)17(21)23-14-9-7-13(8-10-14)19-12(2)20/h3-11H,1-2H3,(H,19,20). The summed E-state index contributed by atoms with van der Waals surface area (Å²) in [7, 11) is 0. The highest BCUT2D eigenvalue weighted by atomic mass is 35.5. The van der Waals surface area contributed by atoms with Crippen LogP contribution in [-0.2, 0) is 9.59 Å². The van der Waals surface area contributed by atoms with Crippen LogP contribution in [0.3, 0.4) is 0 Å². The van der Waals surface area contributed by atoms with Crippen LogP contribution in [0.15, 0.2) is 48.5 Å². The second-order valence-corrected chi connectivity index (χ2v) is 5.22. The number of carbonyl (C=O) groups is 2. The summed E-state index contributed by atoms with van der Waals surface area (Å²) in [5.41, 5.74) is 0.623. The molecule has 0 saturated carbocycles. The van der Waals surface area contributed by atoms with Gasteiger partial charge < -0.3 is 14.8 Å². The molecule has 0 aliphatic rings. The lowest BCUT2D eigenvalue weighted by Gasteiger charge is -2.14. The predicted octanol–water partition coefficient (Wildman–Crippen LogP) is 3.67. The lowest BCUT2D eigenvalue weighted by Crippen LogP contribution is -2.28. The van der Waals surface area contributed by atoms with Crippen LogP contribution in [0.1, 0.15) is 13.8 Å². The van der Waals surface area contributed by atoms with E-state index in [0.717, 1.165) is 0 Å². The number of nitrogens with one attached hydrogen (secondary N) is 1. The molecule has 0 bridgehead atoms. The smallest absolute Gasteiger partial charge is 0.352 e. The molecule has 0 radical (unpaired) electrons. The molecular weight excluding hydrogens is 318 g/mol. The second-order valence-electron chi connectivity index (χ2n) is 4.82. The lowest BCUT2D eigenvalue weighted by atomic mass is 10.3. The monoisotopic (exact) mass is 333 g/mol. The van der Waals surface area contributed by atoms with E-state index in [1.54, 1.807) is 55.5 Å². The third-order valence-corrected chi connectivity index (χ3v) is 3.18. The highest BCUT2D eigenvalue weighted by Gasteiger charge is 2.18.